The predicted octanol–water partition coefficient (Wildman–Crippen LogP) is 1.13. The molecule has 1 aliphatic rings. The first-order valence-electron chi connectivity index (χ1n) is 6.00. The van der Waals surface area contributed by atoms with E-state index >= 15 is 0 Å². The van der Waals surface area contributed by atoms with Crippen LogP contribution in [0.3, 0.4) is 0 Å². The summed E-state index contributed by atoms with van der Waals surface area (Å²) in [5, 5.41) is 0. The first kappa shape index (κ1) is 11.5. The van der Waals surface area contributed by atoms with E-state index in [9.17, 15) is 0 Å². The van der Waals surface area contributed by atoms with Gasteiger partial charge < -0.3 is 5.73 Å². The minimum Gasteiger partial charge on any atom is -0.330 e. The van der Waals surface area contributed by atoms with Gasteiger partial charge in [-0.05, 0) is 45.0 Å². The van der Waals surface area contributed by atoms with Crippen LogP contribution in [0, 0.1) is 12.8 Å². The van der Waals surface area contributed by atoms with Crippen molar-refractivity contribution in [2.24, 2.45) is 11.7 Å². The lowest BCUT2D eigenvalue weighted by Gasteiger charge is -2.26. The van der Waals surface area contributed by atoms with Crippen LogP contribution in [0.1, 0.15) is 30.9 Å². The fourth-order valence-corrected chi connectivity index (χ4v) is 2.60. The number of aromatic nitrogens is 2. The van der Waals surface area contributed by atoms with Crippen LogP contribution in [0.4, 0.5) is 0 Å². The largest absolute Gasteiger partial charge is 0.330 e. The van der Waals surface area contributed by atoms with Gasteiger partial charge in [-0.1, -0.05) is 6.92 Å². The summed E-state index contributed by atoms with van der Waals surface area (Å²) in [5.74, 6) is 1.38. The van der Waals surface area contributed by atoms with Gasteiger partial charge in [0.1, 0.15) is 5.82 Å². The van der Waals surface area contributed by atoms with E-state index < -0.39 is 0 Å². The lowest BCUT2D eigenvalue weighted by Crippen LogP contribution is -2.29. The number of nitrogens with zero attached hydrogens (tertiary/aromatic N) is 3. The van der Waals surface area contributed by atoms with Crippen LogP contribution >= 0.6 is 0 Å². The smallest absolute Gasteiger partial charge is 0.125 e. The molecular formula is C12H20N4. The molecular weight excluding hydrogens is 200 g/mol. The maximum absolute atomic E-state index is 5.85. The van der Waals surface area contributed by atoms with Crippen molar-refractivity contribution in [3.63, 3.8) is 0 Å². The summed E-state index contributed by atoms with van der Waals surface area (Å²) in [6, 6.07) is 2.41. The van der Waals surface area contributed by atoms with Crippen LogP contribution in [-0.4, -0.2) is 34.5 Å². The lowest BCUT2D eigenvalue weighted by molar-refractivity contribution is 0.236. The highest BCUT2D eigenvalue weighted by Gasteiger charge is 2.34. The second kappa shape index (κ2) is 4.89. The molecule has 1 aromatic rings. The van der Waals surface area contributed by atoms with E-state index in [1.807, 2.05) is 19.2 Å². The van der Waals surface area contributed by atoms with E-state index in [1.165, 1.54) is 6.42 Å². The van der Waals surface area contributed by atoms with Gasteiger partial charge in [0.05, 0.1) is 11.7 Å². The van der Waals surface area contributed by atoms with Crippen LogP contribution in [0.2, 0.25) is 0 Å². The summed E-state index contributed by atoms with van der Waals surface area (Å²) in [5.41, 5.74) is 6.97. The Morgan fingerprint density at radius 3 is 3.00 bits per heavy atom. The Kier molecular flexibility index (Phi) is 3.51. The quantitative estimate of drug-likeness (QED) is 0.829. The molecule has 1 aromatic heterocycles. The average Bonchev–Trinajstić information content (AvgIpc) is 2.71. The lowest BCUT2D eigenvalue weighted by atomic mass is 9.97. The van der Waals surface area contributed by atoms with Gasteiger partial charge in [-0.25, -0.2) is 9.97 Å². The molecule has 1 fully saturated rings. The van der Waals surface area contributed by atoms with Crippen molar-refractivity contribution in [2.45, 2.75) is 26.3 Å². The van der Waals surface area contributed by atoms with Crippen molar-refractivity contribution in [3.05, 3.63) is 23.8 Å². The Morgan fingerprint density at radius 1 is 1.56 bits per heavy atom. The van der Waals surface area contributed by atoms with E-state index in [-0.39, 0.29) is 0 Å². The summed E-state index contributed by atoms with van der Waals surface area (Å²) >= 11 is 0. The molecule has 0 saturated carbocycles. The van der Waals surface area contributed by atoms with Crippen LogP contribution in [0.15, 0.2) is 12.3 Å². The first-order valence-corrected chi connectivity index (χ1v) is 6.00. The molecule has 2 N–H and O–H groups in total. The second-order valence-electron chi connectivity index (χ2n) is 4.39. The molecule has 0 amide bonds. The van der Waals surface area contributed by atoms with Gasteiger partial charge in [0.15, 0.2) is 0 Å². The third-order valence-corrected chi connectivity index (χ3v) is 3.44. The number of nitrogens with two attached hydrogens (primary N) is 1. The Morgan fingerprint density at radius 2 is 2.38 bits per heavy atom. The van der Waals surface area contributed by atoms with Crippen molar-refractivity contribution in [1.82, 2.24) is 14.9 Å². The van der Waals surface area contributed by atoms with Gasteiger partial charge in [0.25, 0.3) is 0 Å². The Bertz CT molecular complexity index is 341. The van der Waals surface area contributed by atoms with Crippen molar-refractivity contribution < 1.29 is 0 Å². The van der Waals surface area contributed by atoms with E-state index in [0.717, 1.165) is 31.2 Å². The summed E-state index contributed by atoms with van der Waals surface area (Å²) < 4.78 is 0. The van der Waals surface area contributed by atoms with Crippen molar-refractivity contribution in [1.29, 1.82) is 0 Å². The molecule has 0 bridgehead atoms. The minimum absolute atomic E-state index is 0.386. The van der Waals surface area contributed by atoms with Gasteiger partial charge >= 0.3 is 0 Å². The van der Waals surface area contributed by atoms with Crippen molar-refractivity contribution in [2.75, 3.05) is 19.6 Å². The van der Waals surface area contributed by atoms with Gasteiger partial charge in [0.2, 0.25) is 0 Å². The molecule has 0 radical (unpaired) electrons. The second-order valence-corrected chi connectivity index (χ2v) is 4.39. The molecule has 0 aliphatic carbocycles. The molecule has 2 unspecified atom stereocenters. The Labute approximate surface area is 96.9 Å². The topological polar surface area (TPSA) is 55.0 Å². The van der Waals surface area contributed by atoms with Gasteiger partial charge in [-0.15, -0.1) is 0 Å². The third-order valence-electron chi connectivity index (χ3n) is 3.44. The molecule has 2 heterocycles. The zero-order chi connectivity index (χ0) is 11.5. The van der Waals surface area contributed by atoms with E-state index in [0.29, 0.717) is 12.0 Å². The van der Waals surface area contributed by atoms with Gasteiger partial charge in [-0.2, -0.15) is 0 Å². The first-order chi connectivity index (χ1) is 7.76. The molecule has 16 heavy (non-hydrogen) atoms. The Hall–Kier alpha value is -1.00. The van der Waals surface area contributed by atoms with E-state index in [1.54, 1.807) is 0 Å². The molecule has 1 aliphatic heterocycles. The number of rotatable bonds is 3. The van der Waals surface area contributed by atoms with Crippen LogP contribution in [0.25, 0.3) is 0 Å². The van der Waals surface area contributed by atoms with Crippen molar-refractivity contribution >= 4 is 0 Å². The predicted molar refractivity (Wildman–Crippen MR) is 63.9 cm³/mol. The minimum atomic E-state index is 0.386. The molecule has 4 heteroatoms. The maximum Gasteiger partial charge on any atom is 0.125 e. The number of likely N-dealkylation sites (tertiary alicyclic amines) is 1. The summed E-state index contributed by atoms with van der Waals surface area (Å²) in [4.78, 5) is 11.2. The van der Waals surface area contributed by atoms with Crippen molar-refractivity contribution in [3.8, 4) is 0 Å². The summed E-state index contributed by atoms with van der Waals surface area (Å²) in [6.45, 7) is 7.06. The summed E-state index contributed by atoms with van der Waals surface area (Å²) in [6.07, 6.45) is 3.02. The zero-order valence-corrected chi connectivity index (χ0v) is 10.1. The molecule has 0 aromatic carbocycles. The SMILES string of the molecule is CCN1CCC(CN)C1c1ccnc(C)n1. The van der Waals surface area contributed by atoms with Crippen LogP contribution in [-0.2, 0) is 0 Å². The van der Waals surface area contributed by atoms with Gasteiger partial charge in [0, 0.05) is 6.20 Å². The molecule has 2 atom stereocenters. The highest BCUT2D eigenvalue weighted by atomic mass is 15.2. The zero-order valence-electron chi connectivity index (χ0n) is 10.1. The maximum atomic E-state index is 5.85. The standard InChI is InChI=1S/C12H20N4/c1-3-16-7-5-10(8-13)12(16)11-4-6-14-9(2)15-11/h4,6,10,12H,3,5,7-8,13H2,1-2H3. The number of hydrogen-bond donors (Lipinski definition) is 1. The third kappa shape index (κ3) is 2.08. The normalized spacial score (nSPS) is 26.2. The van der Waals surface area contributed by atoms with Crippen LogP contribution in [0.5, 0.6) is 0 Å². The molecule has 1 saturated heterocycles. The highest BCUT2D eigenvalue weighted by Crippen LogP contribution is 2.35. The number of aryl methyl sites for hydroxylation is 1. The molecule has 88 valence electrons. The fraction of sp³-hybridized carbons (Fsp3) is 0.667. The molecule has 2 rings (SSSR count). The highest BCUT2D eigenvalue weighted by molar-refractivity contribution is 5.11. The summed E-state index contributed by atoms with van der Waals surface area (Å²) in [7, 11) is 0. The van der Waals surface area contributed by atoms with Crippen LogP contribution < -0.4 is 5.73 Å². The average molecular weight is 220 g/mol. The number of hydrogen-bond acceptors (Lipinski definition) is 4. The monoisotopic (exact) mass is 220 g/mol. The Balaban J connectivity index is 2.28. The van der Waals surface area contributed by atoms with E-state index in [2.05, 4.69) is 21.8 Å². The van der Waals surface area contributed by atoms with Gasteiger partial charge in [-0.3, -0.25) is 4.90 Å². The van der Waals surface area contributed by atoms with E-state index in [4.69, 9.17) is 5.73 Å². The molecule has 4 nitrogen and oxygen atoms in total. The fourth-order valence-electron chi connectivity index (χ4n) is 2.60. The molecule has 0 spiro atoms.